The molecule has 0 aromatic heterocycles. The Bertz CT molecular complexity index is 512. The van der Waals surface area contributed by atoms with Gasteiger partial charge in [-0.2, -0.15) is 0 Å². The number of nitrogen functional groups attached to an aromatic ring is 1. The van der Waals surface area contributed by atoms with Crippen molar-refractivity contribution in [1.82, 2.24) is 5.32 Å². The van der Waals surface area contributed by atoms with Gasteiger partial charge in [-0.1, -0.05) is 0 Å². The Hall–Kier alpha value is -2.24. The van der Waals surface area contributed by atoms with Crippen molar-refractivity contribution in [2.24, 2.45) is 0 Å². The highest BCUT2D eigenvalue weighted by atomic mass is 16.4. The van der Waals surface area contributed by atoms with E-state index in [9.17, 15) is 9.59 Å². The molecule has 0 heterocycles. The van der Waals surface area contributed by atoms with Gasteiger partial charge in [0.2, 0.25) is 5.91 Å². The number of hydrogen-bond acceptors (Lipinski definition) is 4. The number of carbonyl (C=O) groups is 2. The van der Waals surface area contributed by atoms with Gasteiger partial charge in [-0.05, 0) is 38.0 Å². The number of carbonyl (C=O) groups excluding carboxylic acids is 1. The predicted octanol–water partition coefficient (Wildman–Crippen LogP) is 1.05. The molecule has 19 heavy (non-hydrogen) atoms. The van der Waals surface area contributed by atoms with Crippen LogP contribution < -0.4 is 16.4 Å². The van der Waals surface area contributed by atoms with E-state index in [2.05, 4.69) is 10.6 Å². The normalized spacial score (nSPS) is 15.6. The van der Waals surface area contributed by atoms with Crippen molar-refractivity contribution >= 4 is 23.3 Å². The number of anilines is 2. The summed E-state index contributed by atoms with van der Waals surface area (Å²) >= 11 is 0. The van der Waals surface area contributed by atoms with Crippen LogP contribution in [0.15, 0.2) is 18.2 Å². The maximum absolute atomic E-state index is 11.8. The number of aromatic carboxylic acids is 1. The van der Waals surface area contributed by atoms with Gasteiger partial charge in [0.1, 0.15) is 6.04 Å². The van der Waals surface area contributed by atoms with Gasteiger partial charge in [-0.25, -0.2) is 4.79 Å². The van der Waals surface area contributed by atoms with Gasteiger partial charge in [0.15, 0.2) is 0 Å². The first kappa shape index (κ1) is 13.2. The van der Waals surface area contributed by atoms with Crippen molar-refractivity contribution in [3.63, 3.8) is 0 Å². The van der Waals surface area contributed by atoms with E-state index in [1.54, 1.807) is 6.92 Å². The summed E-state index contributed by atoms with van der Waals surface area (Å²) in [6.45, 7) is 1.71. The molecular formula is C13H17N3O3. The van der Waals surface area contributed by atoms with Crippen LogP contribution in [-0.4, -0.2) is 29.1 Å². The van der Waals surface area contributed by atoms with E-state index in [-0.39, 0.29) is 11.5 Å². The molecule has 5 N–H and O–H groups in total. The highest BCUT2D eigenvalue weighted by Crippen LogP contribution is 2.22. The number of benzene rings is 1. The fourth-order valence-corrected chi connectivity index (χ4v) is 1.67. The zero-order valence-corrected chi connectivity index (χ0v) is 10.6. The fraction of sp³-hybridized carbons (Fsp3) is 0.385. The zero-order valence-electron chi connectivity index (χ0n) is 10.6. The van der Waals surface area contributed by atoms with Crippen LogP contribution in [-0.2, 0) is 4.79 Å². The minimum Gasteiger partial charge on any atom is -0.478 e. The molecule has 2 rings (SSSR count). The maximum atomic E-state index is 11.8. The molecule has 1 aliphatic carbocycles. The summed E-state index contributed by atoms with van der Waals surface area (Å²) in [5, 5.41) is 14.7. The summed E-state index contributed by atoms with van der Waals surface area (Å²) < 4.78 is 0. The van der Waals surface area contributed by atoms with Crippen LogP contribution in [0.25, 0.3) is 0 Å². The Morgan fingerprint density at radius 2 is 2.11 bits per heavy atom. The van der Waals surface area contributed by atoms with Gasteiger partial charge in [-0.15, -0.1) is 0 Å². The summed E-state index contributed by atoms with van der Waals surface area (Å²) in [7, 11) is 0. The summed E-state index contributed by atoms with van der Waals surface area (Å²) in [5.74, 6) is -1.14. The first-order valence-corrected chi connectivity index (χ1v) is 6.17. The van der Waals surface area contributed by atoms with E-state index in [4.69, 9.17) is 10.8 Å². The molecule has 1 amide bonds. The third-order valence-electron chi connectivity index (χ3n) is 2.99. The maximum Gasteiger partial charge on any atom is 0.335 e. The lowest BCUT2D eigenvalue weighted by Gasteiger charge is -2.16. The molecule has 0 bridgehead atoms. The van der Waals surface area contributed by atoms with E-state index in [1.165, 1.54) is 18.2 Å². The van der Waals surface area contributed by atoms with E-state index in [0.29, 0.717) is 17.4 Å². The van der Waals surface area contributed by atoms with Crippen molar-refractivity contribution in [2.75, 3.05) is 11.1 Å². The SMILES string of the molecule is CC(Nc1cc(C(=O)O)ccc1N)C(=O)NC1CC1. The smallest absolute Gasteiger partial charge is 0.335 e. The van der Waals surface area contributed by atoms with Gasteiger partial charge in [-0.3, -0.25) is 4.79 Å². The fourth-order valence-electron chi connectivity index (χ4n) is 1.67. The van der Waals surface area contributed by atoms with Crippen LogP contribution in [0.5, 0.6) is 0 Å². The largest absolute Gasteiger partial charge is 0.478 e. The molecule has 102 valence electrons. The molecule has 6 heteroatoms. The van der Waals surface area contributed by atoms with Crippen LogP contribution in [0.1, 0.15) is 30.1 Å². The van der Waals surface area contributed by atoms with Gasteiger partial charge in [0.25, 0.3) is 0 Å². The molecular weight excluding hydrogens is 246 g/mol. The molecule has 6 nitrogen and oxygen atoms in total. The Labute approximate surface area is 111 Å². The molecule has 1 fully saturated rings. The Morgan fingerprint density at radius 3 is 2.68 bits per heavy atom. The quantitative estimate of drug-likeness (QED) is 0.594. The predicted molar refractivity (Wildman–Crippen MR) is 72.1 cm³/mol. The van der Waals surface area contributed by atoms with E-state index >= 15 is 0 Å². The van der Waals surface area contributed by atoms with E-state index in [0.717, 1.165) is 12.8 Å². The van der Waals surface area contributed by atoms with Gasteiger partial charge < -0.3 is 21.5 Å². The Kier molecular flexibility index (Phi) is 3.59. The molecule has 1 aromatic carbocycles. The molecule has 0 radical (unpaired) electrons. The third kappa shape index (κ3) is 3.37. The molecule has 0 spiro atoms. The van der Waals surface area contributed by atoms with Gasteiger partial charge in [0.05, 0.1) is 16.9 Å². The summed E-state index contributed by atoms with van der Waals surface area (Å²) in [6.07, 6.45) is 2.05. The topological polar surface area (TPSA) is 104 Å². The molecule has 1 saturated carbocycles. The molecule has 0 aliphatic heterocycles. The van der Waals surface area contributed by atoms with Crippen LogP contribution in [0.2, 0.25) is 0 Å². The average Bonchev–Trinajstić information content (AvgIpc) is 3.15. The standard InChI is InChI=1S/C13H17N3O3/c1-7(12(17)16-9-3-4-9)15-11-6-8(13(18)19)2-5-10(11)14/h2,5-7,9,15H,3-4,14H2,1H3,(H,16,17)(H,18,19). The van der Waals surface area contributed by atoms with Crippen molar-refractivity contribution in [3.8, 4) is 0 Å². The van der Waals surface area contributed by atoms with Crippen molar-refractivity contribution in [3.05, 3.63) is 23.8 Å². The number of carboxylic acids is 1. The number of hydrogen-bond donors (Lipinski definition) is 4. The zero-order chi connectivity index (χ0) is 14.0. The summed E-state index contributed by atoms with van der Waals surface area (Å²) in [5.41, 5.74) is 6.77. The second kappa shape index (κ2) is 5.17. The summed E-state index contributed by atoms with van der Waals surface area (Å²) in [6, 6.07) is 4.19. The number of nitrogens with two attached hydrogens (primary N) is 1. The number of rotatable bonds is 5. The lowest BCUT2D eigenvalue weighted by molar-refractivity contribution is -0.121. The lowest BCUT2D eigenvalue weighted by Crippen LogP contribution is -2.38. The van der Waals surface area contributed by atoms with Crippen molar-refractivity contribution in [1.29, 1.82) is 0 Å². The van der Waals surface area contributed by atoms with Crippen molar-refractivity contribution in [2.45, 2.75) is 31.8 Å². The van der Waals surface area contributed by atoms with E-state index < -0.39 is 12.0 Å². The van der Waals surface area contributed by atoms with Crippen LogP contribution in [0, 0.1) is 0 Å². The third-order valence-corrected chi connectivity index (χ3v) is 2.99. The molecule has 0 saturated heterocycles. The van der Waals surface area contributed by atoms with Gasteiger partial charge in [0, 0.05) is 6.04 Å². The Balaban J connectivity index is 2.06. The number of carboxylic acid groups (broad SMARTS) is 1. The molecule has 1 atom stereocenters. The highest BCUT2D eigenvalue weighted by molar-refractivity contribution is 5.91. The second-order valence-electron chi connectivity index (χ2n) is 4.76. The Morgan fingerprint density at radius 1 is 1.42 bits per heavy atom. The first-order chi connectivity index (χ1) is 8.97. The highest BCUT2D eigenvalue weighted by Gasteiger charge is 2.25. The van der Waals surface area contributed by atoms with Crippen LogP contribution in [0.3, 0.4) is 0 Å². The molecule has 1 aromatic rings. The second-order valence-corrected chi connectivity index (χ2v) is 4.76. The van der Waals surface area contributed by atoms with Crippen LogP contribution in [0.4, 0.5) is 11.4 Å². The summed E-state index contributed by atoms with van der Waals surface area (Å²) in [4.78, 5) is 22.7. The monoisotopic (exact) mass is 263 g/mol. The van der Waals surface area contributed by atoms with E-state index in [1.807, 2.05) is 0 Å². The lowest BCUT2D eigenvalue weighted by atomic mass is 10.1. The number of amides is 1. The average molecular weight is 263 g/mol. The van der Waals surface area contributed by atoms with Crippen molar-refractivity contribution < 1.29 is 14.7 Å². The minimum atomic E-state index is -1.03. The number of nitrogens with one attached hydrogen (secondary N) is 2. The van der Waals surface area contributed by atoms with Gasteiger partial charge >= 0.3 is 5.97 Å². The minimum absolute atomic E-state index is 0.109. The first-order valence-electron chi connectivity index (χ1n) is 6.17. The molecule has 1 aliphatic rings. The molecule has 1 unspecified atom stereocenters. The van der Waals surface area contributed by atoms with Crippen LogP contribution >= 0.6 is 0 Å².